The first-order chi connectivity index (χ1) is 9.84. The molecule has 1 saturated heterocycles. The van der Waals surface area contributed by atoms with Crippen LogP contribution in [0.1, 0.15) is 29.6 Å². The lowest BCUT2D eigenvalue weighted by atomic mass is 10.1. The largest absolute Gasteiger partial charge is 1.00 e. The summed E-state index contributed by atoms with van der Waals surface area (Å²) in [5.41, 5.74) is 1.59. The molecule has 2 aromatic rings. The highest BCUT2D eigenvalue weighted by molar-refractivity contribution is 6.03. The van der Waals surface area contributed by atoms with Gasteiger partial charge in [-0.2, -0.15) is 0 Å². The van der Waals surface area contributed by atoms with E-state index in [0.717, 1.165) is 30.5 Å². The van der Waals surface area contributed by atoms with Crippen LogP contribution in [0.2, 0.25) is 0 Å². The Morgan fingerprint density at radius 2 is 1.95 bits per heavy atom. The molecule has 0 saturated carbocycles. The minimum Gasteiger partial charge on any atom is -1.00 e. The van der Waals surface area contributed by atoms with E-state index in [-0.39, 0.29) is 18.4 Å². The monoisotopic (exact) mass is 307 g/mol. The topological polar surface area (TPSA) is 45.3 Å². The van der Waals surface area contributed by atoms with Gasteiger partial charge in [0.1, 0.15) is 6.61 Å². The number of piperidine rings is 1. The van der Waals surface area contributed by atoms with Crippen LogP contribution in [0.5, 0.6) is 0 Å². The molecule has 21 heavy (non-hydrogen) atoms. The molecule has 0 atom stereocenters. The average Bonchev–Trinajstić information content (AvgIpc) is 2.92. The van der Waals surface area contributed by atoms with Gasteiger partial charge in [-0.05, 0) is 32.0 Å². The summed E-state index contributed by atoms with van der Waals surface area (Å²) in [5, 5.41) is 0.926. The number of halogens is 1. The van der Waals surface area contributed by atoms with Crippen molar-refractivity contribution in [2.24, 2.45) is 0 Å². The van der Waals surface area contributed by atoms with Gasteiger partial charge in [-0.1, -0.05) is 24.6 Å². The highest BCUT2D eigenvalue weighted by Gasteiger charge is 2.14. The van der Waals surface area contributed by atoms with Crippen LogP contribution in [0.15, 0.2) is 30.5 Å². The third-order valence-electron chi connectivity index (χ3n) is 3.90. The number of nitrogens with one attached hydrogen (secondary N) is 1. The molecular formula is C16H20ClN2O2-. The predicted molar refractivity (Wildman–Crippen MR) is 78.9 cm³/mol. The molecule has 0 amide bonds. The van der Waals surface area contributed by atoms with Crippen molar-refractivity contribution in [1.82, 2.24) is 9.88 Å². The fourth-order valence-corrected chi connectivity index (χ4v) is 2.77. The summed E-state index contributed by atoms with van der Waals surface area (Å²) in [6.45, 7) is 3.57. The second-order valence-electron chi connectivity index (χ2n) is 5.29. The Morgan fingerprint density at radius 3 is 2.76 bits per heavy atom. The fraction of sp³-hybridized carbons (Fsp3) is 0.438. The van der Waals surface area contributed by atoms with E-state index in [0.29, 0.717) is 12.2 Å². The van der Waals surface area contributed by atoms with Gasteiger partial charge < -0.3 is 22.1 Å². The summed E-state index contributed by atoms with van der Waals surface area (Å²) in [6.07, 6.45) is 5.58. The molecule has 4 nitrogen and oxygen atoms in total. The molecule has 1 aliphatic rings. The molecule has 1 aromatic carbocycles. The Kier molecular flexibility index (Phi) is 5.65. The number of para-hydroxylation sites is 1. The van der Waals surface area contributed by atoms with Crippen LogP contribution in [-0.2, 0) is 4.74 Å². The number of likely N-dealkylation sites (tertiary alicyclic amines) is 1. The van der Waals surface area contributed by atoms with Gasteiger partial charge in [-0.25, -0.2) is 4.79 Å². The van der Waals surface area contributed by atoms with E-state index in [9.17, 15) is 4.79 Å². The first-order valence-corrected chi connectivity index (χ1v) is 7.30. The second kappa shape index (κ2) is 7.48. The molecule has 1 aliphatic heterocycles. The number of carbonyl (C=O) groups is 1. The Hall–Kier alpha value is -1.52. The van der Waals surface area contributed by atoms with E-state index in [1.165, 1.54) is 19.3 Å². The first kappa shape index (κ1) is 15.9. The van der Waals surface area contributed by atoms with Crippen molar-refractivity contribution >= 4 is 16.9 Å². The van der Waals surface area contributed by atoms with Crippen LogP contribution in [0.4, 0.5) is 0 Å². The van der Waals surface area contributed by atoms with E-state index in [2.05, 4.69) is 9.88 Å². The van der Waals surface area contributed by atoms with Crippen molar-refractivity contribution in [3.63, 3.8) is 0 Å². The molecule has 114 valence electrons. The third kappa shape index (κ3) is 3.77. The molecule has 1 N–H and O–H groups in total. The SMILES string of the molecule is O=C(OCCN1CCCCC1)c1c[nH]c2ccccc12.[Cl-]. The molecule has 2 heterocycles. The number of aromatic nitrogens is 1. The predicted octanol–water partition coefficient (Wildman–Crippen LogP) is -0.185. The third-order valence-corrected chi connectivity index (χ3v) is 3.90. The van der Waals surface area contributed by atoms with Gasteiger partial charge in [0, 0.05) is 23.6 Å². The number of rotatable bonds is 4. The number of hydrogen-bond donors (Lipinski definition) is 1. The summed E-state index contributed by atoms with van der Waals surface area (Å²) in [6, 6.07) is 7.78. The van der Waals surface area contributed by atoms with Crippen LogP contribution >= 0.6 is 0 Å². The number of hydrogen-bond acceptors (Lipinski definition) is 3. The lowest BCUT2D eigenvalue weighted by Crippen LogP contribution is -3.00. The van der Waals surface area contributed by atoms with E-state index >= 15 is 0 Å². The second-order valence-corrected chi connectivity index (χ2v) is 5.29. The molecule has 3 rings (SSSR count). The van der Waals surface area contributed by atoms with Gasteiger partial charge in [0.05, 0.1) is 5.56 Å². The van der Waals surface area contributed by atoms with Gasteiger partial charge in [-0.3, -0.25) is 4.90 Å². The number of nitrogens with zero attached hydrogens (tertiary/aromatic N) is 1. The van der Waals surface area contributed by atoms with Crippen molar-refractivity contribution < 1.29 is 21.9 Å². The van der Waals surface area contributed by atoms with Crippen LogP contribution in [0.3, 0.4) is 0 Å². The minimum absolute atomic E-state index is 0. The summed E-state index contributed by atoms with van der Waals surface area (Å²) < 4.78 is 5.40. The summed E-state index contributed by atoms with van der Waals surface area (Å²) >= 11 is 0. The summed E-state index contributed by atoms with van der Waals surface area (Å²) in [5.74, 6) is -0.237. The fourth-order valence-electron chi connectivity index (χ4n) is 2.77. The van der Waals surface area contributed by atoms with Gasteiger partial charge >= 0.3 is 5.97 Å². The van der Waals surface area contributed by atoms with Gasteiger partial charge in [0.15, 0.2) is 0 Å². The van der Waals surface area contributed by atoms with Crippen LogP contribution in [0.25, 0.3) is 10.9 Å². The Balaban J connectivity index is 0.00000161. The Labute approximate surface area is 130 Å². The molecule has 0 aliphatic carbocycles. The lowest BCUT2D eigenvalue weighted by Gasteiger charge is -2.25. The molecule has 0 bridgehead atoms. The highest BCUT2D eigenvalue weighted by atomic mass is 35.5. The highest BCUT2D eigenvalue weighted by Crippen LogP contribution is 2.18. The Bertz CT molecular complexity index is 591. The van der Waals surface area contributed by atoms with Crippen LogP contribution in [0, 0.1) is 0 Å². The van der Waals surface area contributed by atoms with Crippen molar-refractivity contribution in [3.8, 4) is 0 Å². The minimum atomic E-state index is -0.237. The van der Waals surface area contributed by atoms with E-state index in [1.807, 2.05) is 24.3 Å². The van der Waals surface area contributed by atoms with E-state index in [1.54, 1.807) is 6.20 Å². The molecule has 0 radical (unpaired) electrons. The molecule has 1 fully saturated rings. The number of carbonyl (C=O) groups excluding carboxylic acids is 1. The summed E-state index contributed by atoms with van der Waals surface area (Å²) in [7, 11) is 0. The maximum atomic E-state index is 12.1. The number of benzene rings is 1. The molecule has 5 heteroatoms. The van der Waals surface area contributed by atoms with Crippen molar-refractivity contribution in [2.45, 2.75) is 19.3 Å². The zero-order chi connectivity index (χ0) is 13.8. The van der Waals surface area contributed by atoms with Crippen molar-refractivity contribution in [2.75, 3.05) is 26.2 Å². The normalized spacial score (nSPS) is 15.6. The number of esters is 1. The van der Waals surface area contributed by atoms with E-state index < -0.39 is 0 Å². The zero-order valence-electron chi connectivity index (χ0n) is 12.0. The van der Waals surface area contributed by atoms with Gasteiger partial charge in [0.2, 0.25) is 0 Å². The number of fused-ring (bicyclic) bond motifs is 1. The van der Waals surface area contributed by atoms with Crippen molar-refractivity contribution in [3.05, 3.63) is 36.0 Å². The Morgan fingerprint density at radius 1 is 1.19 bits per heavy atom. The van der Waals surface area contributed by atoms with Crippen LogP contribution < -0.4 is 12.4 Å². The molecule has 0 unspecified atom stereocenters. The molecular weight excluding hydrogens is 288 g/mol. The molecule has 0 spiro atoms. The van der Waals surface area contributed by atoms with Gasteiger partial charge in [0.25, 0.3) is 0 Å². The quantitative estimate of drug-likeness (QED) is 0.797. The lowest BCUT2D eigenvalue weighted by molar-refractivity contribution is -0.0000236. The number of aromatic amines is 1. The molecule has 1 aromatic heterocycles. The van der Waals surface area contributed by atoms with Crippen molar-refractivity contribution in [1.29, 1.82) is 0 Å². The number of ether oxygens (including phenoxy) is 1. The maximum absolute atomic E-state index is 12.1. The first-order valence-electron chi connectivity index (χ1n) is 7.30. The zero-order valence-corrected chi connectivity index (χ0v) is 12.7. The van der Waals surface area contributed by atoms with E-state index in [4.69, 9.17) is 4.74 Å². The summed E-state index contributed by atoms with van der Waals surface area (Å²) in [4.78, 5) is 17.6. The maximum Gasteiger partial charge on any atom is 0.340 e. The van der Waals surface area contributed by atoms with Crippen LogP contribution in [-0.4, -0.2) is 42.1 Å². The standard InChI is InChI=1S/C16H20N2O2.ClH/c19-16(20-11-10-18-8-4-1-5-9-18)14-12-17-15-7-3-2-6-13(14)15;/h2-3,6-7,12,17H,1,4-5,8-11H2;1H/p-1. The average molecular weight is 308 g/mol. The smallest absolute Gasteiger partial charge is 0.340 e. The van der Waals surface area contributed by atoms with Gasteiger partial charge in [-0.15, -0.1) is 0 Å². The number of H-pyrrole nitrogens is 1.